The standard InChI is InChI=1S/C46H85AsO9S/c1-7-9-11-13-15-17-19-21-23-25-27-29-31-33-35-47(36-34-32-30-28-26-24-22-20-18-16-14-12-10-8-2)57-37-42-43(52-38(3)48)44(53-39(4)49)45(54-40(5)50)46(56-42)55-41(6)51/h42-46H,7-37H2,1-6H3. The summed E-state index contributed by atoms with van der Waals surface area (Å²) in [5.74, 6) is -1.99. The van der Waals surface area contributed by atoms with E-state index in [1.165, 1.54) is 218 Å². The molecule has 11 heteroatoms. The normalized spacial score (nSPS) is 19.4. The summed E-state index contributed by atoms with van der Waals surface area (Å²) in [7, 11) is 1.93. The molecule has 0 bridgehead atoms. The van der Waals surface area contributed by atoms with E-state index in [1.807, 2.05) is 10.0 Å². The molecule has 1 fully saturated rings. The van der Waals surface area contributed by atoms with E-state index in [2.05, 4.69) is 13.8 Å². The van der Waals surface area contributed by atoms with E-state index in [4.69, 9.17) is 23.7 Å². The molecule has 5 atom stereocenters. The van der Waals surface area contributed by atoms with Crippen molar-refractivity contribution in [2.24, 2.45) is 0 Å². The summed E-state index contributed by atoms with van der Waals surface area (Å²) < 4.78 is 28.5. The fraction of sp³-hybridized carbons (Fsp3) is 0.913. The molecule has 0 spiro atoms. The van der Waals surface area contributed by atoms with Crippen LogP contribution in [0.5, 0.6) is 0 Å². The Bertz CT molecular complexity index is 998. The van der Waals surface area contributed by atoms with Crippen molar-refractivity contribution in [2.75, 3.05) is 5.75 Å². The summed E-state index contributed by atoms with van der Waals surface area (Å²) >= 11 is -1.37. The van der Waals surface area contributed by atoms with E-state index >= 15 is 0 Å². The fourth-order valence-corrected chi connectivity index (χ4v) is 16.6. The summed E-state index contributed by atoms with van der Waals surface area (Å²) in [4.78, 5) is 48.8. The Kier molecular flexibility index (Phi) is 34.5. The Hall–Kier alpha value is -1.25. The first kappa shape index (κ1) is 53.8. The minimum atomic E-state index is -1.37. The van der Waals surface area contributed by atoms with Gasteiger partial charge in [0, 0.05) is 0 Å². The maximum absolute atomic E-state index is 12.3. The van der Waals surface area contributed by atoms with Crippen molar-refractivity contribution in [3.63, 3.8) is 0 Å². The predicted molar refractivity (Wildman–Crippen MR) is 236 cm³/mol. The van der Waals surface area contributed by atoms with Gasteiger partial charge in [0.25, 0.3) is 0 Å². The van der Waals surface area contributed by atoms with Crippen molar-refractivity contribution in [1.82, 2.24) is 0 Å². The van der Waals surface area contributed by atoms with Gasteiger partial charge in [0.15, 0.2) is 0 Å². The molecule has 57 heavy (non-hydrogen) atoms. The third-order valence-corrected chi connectivity index (χ3v) is 20.1. The van der Waals surface area contributed by atoms with Crippen LogP contribution in [0.4, 0.5) is 0 Å². The molecule has 1 rings (SSSR count). The minimum absolute atomic E-state index is 0.497. The fourth-order valence-electron chi connectivity index (χ4n) is 7.63. The van der Waals surface area contributed by atoms with Gasteiger partial charge in [-0.3, -0.25) is 0 Å². The topological polar surface area (TPSA) is 114 Å². The maximum atomic E-state index is 12.3. The van der Waals surface area contributed by atoms with Gasteiger partial charge in [-0.2, -0.15) is 0 Å². The van der Waals surface area contributed by atoms with Crippen molar-refractivity contribution in [2.45, 2.75) is 262 Å². The van der Waals surface area contributed by atoms with Gasteiger partial charge in [-0.25, -0.2) is 0 Å². The number of hydrogen-bond acceptors (Lipinski definition) is 10. The zero-order valence-corrected chi connectivity index (χ0v) is 40.0. The average molecular weight is 889 g/mol. The van der Waals surface area contributed by atoms with E-state index in [0.29, 0.717) is 5.75 Å². The second-order valence-electron chi connectivity index (χ2n) is 16.3. The molecule has 1 aliphatic rings. The third-order valence-electron chi connectivity index (χ3n) is 10.7. The second-order valence-corrected chi connectivity index (χ2v) is 25.1. The monoisotopic (exact) mass is 889 g/mol. The summed E-state index contributed by atoms with van der Waals surface area (Å²) in [5, 5.41) is 2.46. The van der Waals surface area contributed by atoms with Crippen LogP contribution < -0.4 is 0 Å². The van der Waals surface area contributed by atoms with Gasteiger partial charge in [0.2, 0.25) is 0 Å². The van der Waals surface area contributed by atoms with Crippen molar-refractivity contribution in [3.05, 3.63) is 0 Å². The Labute approximate surface area is 356 Å². The van der Waals surface area contributed by atoms with Gasteiger partial charge in [-0.15, -0.1) is 0 Å². The zero-order chi connectivity index (χ0) is 41.9. The van der Waals surface area contributed by atoms with Gasteiger partial charge in [-0.05, 0) is 0 Å². The van der Waals surface area contributed by atoms with Crippen molar-refractivity contribution < 1.29 is 42.9 Å². The molecule has 1 saturated heterocycles. The van der Waals surface area contributed by atoms with Gasteiger partial charge < -0.3 is 0 Å². The number of ether oxygens (including phenoxy) is 5. The summed E-state index contributed by atoms with van der Waals surface area (Å²) in [6.45, 7) is 9.53. The van der Waals surface area contributed by atoms with Crippen LogP contribution in [0.3, 0.4) is 0 Å². The Morgan fingerprint density at radius 3 is 1.05 bits per heavy atom. The summed E-state index contributed by atoms with van der Waals surface area (Å²) in [5.41, 5.74) is 0. The molecule has 0 aliphatic carbocycles. The van der Waals surface area contributed by atoms with Crippen molar-refractivity contribution in [3.8, 4) is 0 Å². The van der Waals surface area contributed by atoms with Gasteiger partial charge in [0.1, 0.15) is 0 Å². The van der Waals surface area contributed by atoms with E-state index in [9.17, 15) is 19.2 Å². The first-order chi connectivity index (χ1) is 27.6. The van der Waals surface area contributed by atoms with Crippen LogP contribution in [-0.2, 0) is 42.9 Å². The number of unbranched alkanes of at least 4 members (excludes halogenated alkanes) is 26. The molecular formula is C46H85AsO9S. The van der Waals surface area contributed by atoms with Gasteiger partial charge in [0.05, 0.1) is 0 Å². The third kappa shape index (κ3) is 29.6. The Morgan fingerprint density at radius 1 is 0.421 bits per heavy atom. The van der Waals surface area contributed by atoms with E-state index in [-0.39, 0.29) is 0 Å². The van der Waals surface area contributed by atoms with Crippen LogP contribution in [0.1, 0.15) is 221 Å². The molecule has 0 aromatic heterocycles. The van der Waals surface area contributed by atoms with Crippen LogP contribution in [0.15, 0.2) is 0 Å². The van der Waals surface area contributed by atoms with E-state index in [0.717, 1.165) is 0 Å². The molecule has 0 N–H and O–H groups in total. The molecule has 0 amide bonds. The number of esters is 4. The number of rotatable bonds is 37. The van der Waals surface area contributed by atoms with Gasteiger partial charge >= 0.3 is 306 Å². The predicted octanol–water partition coefficient (Wildman–Crippen LogP) is 12.8. The van der Waals surface area contributed by atoms with Gasteiger partial charge in [-0.1, -0.05) is 52.4 Å². The molecule has 0 saturated carbocycles. The molecule has 0 radical (unpaired) electrons. The van der Waals surface area contributed by atoms with Crippen LogP contribution in [0, 0.1) is 0 Å². The van der Waals surface area contributed by atoms with Crippen molar-refractivity contribution >= 4 is 47.4 Å². The molecule has 1 aliphatic heterocycles. The van der Waals surface area contributed by atoms with Crippen molar-refractivity contribution in [1.29, 1.82) is 0 Å². The van der Waals surface area contributed by atoms with Crippen LogP contribution in [-0.4, -0.2) is 73.8 Å². The van der Waals surface area contributed by atoms with E-state index < -0.39 is 68.1 Å². The summed E-state index contributed by atoms with van der Waals surface area (Å²) in [6, 6.07) is 0. The summed E-state index contributed by atoms with van der Waals surface area (Å²) in [6.07, 6.45) is 32.1. The first-order valence-electron chi connectivity index (χ1n) is 23.3. The molecule has 0 aromatic rings. The van der Waals surface area contributed by atoms with Crippen LogP contribution in [0.2, 0.25) is 10.4 Å². The molecule has 0 aromatic carbocycles. The quantitative estimate of drug-likeness (QED) is 0.0258. The molecule has 1 heterocycles. The molecular weight excluding hydrogens is 803 g/mol. The average Bonchev–Trinajstić information content (AvgIpc) is 3.15. The Morgan fingerprint density at radius 2 is 0.719 bits per heavy atom. The first-order valence-corrected chi connectivity index (χ1v) is 29.2. The second kappa shape index (κ2) is 36.6. The SMILES string of the molecule is CCCCCCCCCCCCCCCC[As](CCCCCCCCCCCCCCCC)SCC1OC(OC(C)=O)C(OC(C)=O)C(OC(C)=O)C1OC(C)=O. The zero-order valence-electron chi connectivity index (χ0n) is 37.3. The molecule has 5 unspecified atom stereocenters. The number of carbonyl (C=O) groups excluding carboxylic acids is 4. The number of hydrogen-bond donors (Lipinski definition) is 0. The van der Waals surface area contributed by atoms with Crippen LogP contribution in [0.25, 0.3) is 0 Å². The molecule has 334 valence electrons. The van der Waals surface area contributed by atoms with E-state index in [1.54, 1.807) is 0 Å². The van der Waals surface area contributed by atoms with Crippen LogP contribution >= 0.6 is 10.0 Å². The Balaban J connectivity index is 2.74. The number of carbonyl (C=O) groups is 4. The molecule has 9 nitrogen and oxygen atoms in total.